The molecule has 1 unspecified atom stereocenters. The SMILES string of the molecule is CC(CNC(=O)C1CCC(CN)CC1)C(C)(C)C. The van der Waals surface area contributed by atoms with E-state index in [4.69, 9.17) is 5.73 Å². The van der Waals surface area contributed by atoms with Crippen molar-refractivity contribution in [2.45, 2.75) is 53.4 Å². The average molecular weight is 254 g/mol. The van der Waals surface area contributed by atoms with Crippen molar-refractivity contribution in [3.63, 3.8) is 0 Å². The maximum atomic E-state index is 12.1. The second-order valence-electron chi connectivity index (χ2n) is 6.97. The summed E-state index contributed by atoms with van der Waals surface area (Å²) in [6.07, 6.45) is 4.25. The predicted molar refractivity (Wildman–Crippen MR) is 76.1 cm³/mol. The van der Waals surface area contributed by atoms with Crippen molar-refractivity contribution in [2.24, 2.45) is 28.9 Å². The Hall–Kier alpha value is -0.570. The van der Waals surface area contributed by atoms with Gasteiger partial charge in [0.1, 0.15) is 0 Å². The number of amides is 1. The van der Waals surface area contributed by atoms with Gasteiger partial charge < -0.3 is 11.1 Å². The number of nitrogens with one attached hydrogen (secondary N) is 1. The fourth-order valence-corrected chi connectivity index (χ4v) is 2.36. The highest BCUT2D eigenvalue weighted by Gasteiger charge is 2.26. The largest absolute Gasteiger partial charge is 0.356 e. The van der Waals surface area contributed by atoms with E-state index >= 15 is 0 Å². The van der Waals surface area contributed by atoms with Crippen LogP contribution in [-0.4, -0.2) is 19.0 Å². The molecule has 0 aromatic heterocycles. The van der Waals surface area contributed by atoms with Crippen LogP contribution in [0.2, 0.25) is 0 Å². The quantitative estimate of drug-likeness (QED) is 0.810. The van der Waals surface area contributed by atoms with Gasteiger partial charge in [0.25, 0.3) is 0 Å². The number of nitrogens with two attached hydrogens (primary N) is 1. The topological polar surface area (TPSA) is 55.1 Å². The molecule has 1 saturated carbocycles. The van der Waals surface area contributed by atoms with Gasteiger partial charge in [0.2, 0.25) is 5.91 Å². The minimum absolute atomic E-state index is 0.222. The van der Waals surface area contributed by atoms with E-state index in [1.807, 2.05) is 0 Å². The maximum absolute atomic E-state index is 12.1. The smallest absolute Gasteiger partial charge is 0.223 e. The van der Waals surface area contributed by atoms with E-state index in [0.29, 0.717) is 11.8 Å². The third-order valence-corrected chi connectivity index (χ3v) is 4.61. The van der Waals surface area contributed by atoms with Crippen molar-refractivity contribution < 1.29 is 4.79 Å². The predicted octanol–water partition coefficient (Wildman–Crippen LogP) is 2.55. The van der Waals surface area contributed by atoms with Gasteiger partial charge in [-0.1, -0.05) is 27.7 Å². The average Bonchev–Trinajstić information content (AvgIpc) is 2.34. The van der Waals surface area contributed by atoms with Gasteiger partial charge >= 0.3 is 0 Å². The molecule has 1 aliphatic rings. The Labute approximate surface area is 112 Å². The third kappa shape index (κ3) is 4.60. The van der Waals surface area contributed by atoms with E-state index in [9.17, 15) is 4.79 Å². The van der Waals surface area contributed by atoms with Gasteiger partial charge in [0, 0.05) is 12.5 Å². The summed E-state index contributed by atoms with van der Waals surface area (Å²) in [5.41, 5.74) is 5.92. The number of hydrogen-bond donors (Lipinski definition) is 2. The summed E-state index contributed by atoms with van der Waals surface area (Å²) in [7, 11) is 0. The minimum Gasteiger partial charge on any atom is -0.356 e. The summed E-state index contributed by atoms with van der Waals surface area (Å²) < 4.78 is 0. The first-order valence-electron chi connectivity index (χ1n) is 7.32. The Morgan fingerprint density at radius 1 is 1.28 bits per heavy atom. The monoisotopic (exact) mass is 254 g/mol. The molecule has 1 fully saturated rings. The first-order chi connectivity index (χ1) is 8.34. The van der Waals surface area contributed by atoms with Crippen LogP contribution in [0, 0.1) is 23.2 Å². The molecular weight excluding hydrogens is 224 g/mol. The molecule has 0 spiro atoms. The highest BCUT2D eigenvalue weighted by molar-refractivity contribution is 5.78. The van der Waals surface area contributed by atoms with Crippen LogP contribution in [0.15, 0.2) is 0 Å². The summed E-state index contributed by atoms with van der Waals surface area (Å²) in [6.45, 7) is 10.4. The Morgan fingerprint density at radius 2 is 1.83 bits per heavy atom. The van der Waals surface area contributed by atoms with Crippen LogP contribution in [0.5, 0.6) is 0 Å². The van der Waals surface area contributed by atoms with Gasteiger partial charge in [0.05, 0.1) is 0 Å². The molecule has 1 aliphatic carbocycles. The number of carbonyl (C=O) groups is 1. The zero-order valence-corrected chi connectivity index (χ0v) is 12.5. The Kier molecular flexibility index (Phi) is 5.64. The zero-order valence-electron chi connectivity index (χ0n) is 12.5. The lowest BCUT2D eigenvalue weighted by Crippen LogP contribution is -2.38. The maximum Gasteiger partial charge on any atom is 0.223 e. The highest BCUT2D eigenvalue weighted by atomic mass is 16.1. The Morgan fingerprint density at radius 3 is 2.28 bits per heavy atom. The van der Waals surface area contributed by atoms with Gasteiger partial charge in [-0.2, -0.15) is 0 Å². The van der Waals surface area contributed by atoms with Crippen molar-refractivity contribution in [3.8, 4) is 0 Å². The molecule has 3 heteroatoms. The normalized spacial score (nSPS) is 26.7. The molecule has 106 valence electrons. The third-order valence-electron chi connectivity index (χ3n) is 4.61. The lowest BCUT2D eigenvalue weighted by Gasteiger charge is -2.30. The highest BCUT2D eigenvalue weighted by Crippen LogP contribution is 2.29. The summed E-state index contributed by atoms with van der Waals surface area (Å²) >= 11 is 0. The zero-order chi connectivity index (χ0) is 13.8. The molecule has 0 heterocycles. The fraction of sp³-hybridized carbons (Fsp3) is 0.933. The summed E-state index contributed by atoms with van der Waals surface area (Å²) in [5, 5.41) is 3.12. The number of carbonyl (C=O) groups excluding carboxylic acids is 1. The first kappa shape index (κ1) is 15.5. The van der Waals surface area contributed by atoms with Gasteiger partial charge in [-0.3, -0.25) is 4.79 Å². The van der Waals surface area contributed by atoms with Crippen molar-refractivity contribution in [3.05, 3.63) is 0 Å². The van der Waals surface area contributed by atoms with E-state index in [2.05, 4.69) is 33.0 Å². The van der Waals surface area contributed by atoms with E-state index in [1.165, 1.54) is 0 Å². The molecule has 1 atom stereocenters. The Balaban J connectivity index is 2.30. The molecule has 1 amide bonds. The van der Waals surface area contributed by atoms with Gasteiger partial charge in [-0.05, 0) is 49.5 Å². The molecule has 0 aliphatic heterocycles. The lowest BCUT2D eigenvalue weighted by molar-refractivity contribution is -0.126. The summed E-state index contributed by atoms with van der Waals surface area (Å²) in [4.78, 5) is 12.1. The van der Waals surface area contributed by atoms with Gasteiger partial charge in [-0.15, -0.1) is 0 Å². The molecule has 0 aromatic rings. The van der Waals surface area contributed by atoms with Crippen LogP contribution in [0.25, 0.3) is 0 Å². The van der Waals surface area contributed by atoms with E-state index in [1.54, 1.807) is 0 Å². The molecule has 0 saturated heterocycles. The van der Waals surface area contributed by atoms with Crippen molar-refractivity contribution >= 4 is 5.91 Å². The van der Waals surface area contributed by atoms with Crippen LogP contribution in [0.4, 0.5) is 0 Å². The molecule has 0 bridgehead atoms. The van der Waals surface area contributed by atoms with Crippen molar-refractivity contribution in [1.82, 2.24) is 5.32 Å². The van der Waals surface area contributed by atoms with E-state index < -0.39 is 0 Å². The molecule has 0 aromatic carbocycles. The van der Waals surface area contributed by atoms with Crippen molar-refractivity contribution in [1.29, 1.82) is 0 Å². The van der Waals surface area contributed by atoms with Crippen LogP contribution >= 0.6 is 0 Å². The molecule has 1 rings (SSSR count). The number of hydrogen-bond acceptors (Lipinski definition) is 2. The fourth-order valence-electron chi connectivity index (χ4n) is 2.36. The van der Waals surface area contributed by atoms with Crippen LogP contribution in [0.3, 0.4) is 0 Å². The van der Waals surface area contributed by atoms with Gasteiger partial charge in [-0.25, -0.2) is 0 Å². The Bertz CT molecular complexity index is 262. The second-order valence-corrected chi connectivity index (χ2v) is 6.97. The van der Waals surface area contributed by atoms with Crippen LogP contribution in [0.1, 0.15) is 53.4 Å². The van der Waals surface area contributed by atoms with Crippen molar-refractivity contribution in [2.75, 3.05) is 13.1 Å². The molecule has 0 radical (unpaired) electrons. The van der Waals surface area contributed by atoms with Gasteiger partial charge in [0.15, 0.2) is 0 Å². The molecule has 18 heavy (non-hydrogen) atoms. The first-order valence-corrected chi connectivity index (χ1v) is 7.32. The van der Waals surface area contributed by atoms with Crippen LogP contribution < -0.4 is 11.1 Å². The van der Waals surface area contributed by atoms with E-state index in [-0.39, 0.29) is 17.2 Å². The lowest BCUT2D eigenvalue weighted by atomic mass is 9.80. The number of rotatable bonds is 4. The minimum atomic E-state index is 0.222. The summed E-state index contributed by atoms with van der Waals surface area (Å²) in [5.74, 6) is 1.62. The second kappa shape index (κ2) is 6.55. The molecule has 3 nitrogen and oxygen atoms in total. The molecular formula is C15H30N2O. The standard InChI is InChI=1S/C15H30N2O/c1-11(15(2,3)4)10-17-14(18)13-7-5-12(9-16)6-8-13/h11-13H,5-10,16H2,1-4H3,(H,17,18). The van der Waals surface area contributed by atoms with E-state index in [0.717, 1.165) is 38.8 Å². The van der Waals surface area contributed by atoms with Crippen LogP contribution in [-0.2, 0) is 4.79 Å². The molecule has 3 N–H and O–H groups in total. The summed E-state index contributed by atoms with van der Waals surface area (Å²) in [6, 6.07) is 0.